The van der Waals surface area contributed by atoms with Crippen molar-refractivity contribution in [2.45, 2.75) is 45.1 Å². The summed E-state index contributed by atoms with van der Waals surface area (Å²) in [4.78, 5) is 26.1. The molecule has 1 fully saturated rings. The third-order valence-electron chi connectivity index (χ3n) is 5.31. The molecule has 1 aromatic carbocycles. The van der Waals surface area contributed by atoms with Crippen molar-refractivity contribution in [3.8, 4) is 11.4 Å². The number of nitrogens with zero attached hydrogens (tertiary/aromatic N) is 4. The minimum atomic E-state index is -0.0234. The Balaban J connectivity index is 2.02. The van der Waals surface area contributed by atoms with Gasteiger partial charge in [-0.2, -0.15) is 0 Å². The fourth-order valence-electron chi connectivity index (χ4n) is 3.51. The molecular weight excluding hydrogens is 324 g/mol. The maximum absolute atomic E-state index is 12.9. The van der Waals surface area contributed by atoms with E-state index in [4.69, 9.17) is 4.98 Å². The lowest BCUT2D eigenvalue weighted by Crippen LogP contribution is -2.36. The predicted octanol–water partition coefficient (Wildman–Crippen LogP) is 4.00. The molecule has 1 aliphatic carbocycles. The number of anilines is 1. The fourth-order valence-corrected chi connectivity index (χ4v) is 3.51. The van der Waals surface area contributed by atoms with E-state index in [1.807, 2.05) is 44.3 Å². The van der Waals surface area contributed by atoms with Gasteiger partial charge < -0.3 is 9.80 Å². The second-order valence-electron chi connectivity index (χ2n) is 7.02. The summed E-state index contributed by atoms with van der Waals surface area (Å²) in [6.45, 7) is 2.63. The summed E-state index contributed by atoms with van der Waals surface area (Å²) in [5, 5.41) is 0. The van der Waals surface area contributed by atoms with Gasteiger partial charge in [0.05, 0.1) is 0 Å². The quantitative estimate of drug-likeness (QED) is 0.816. The van der Waals surface area contributed by atoms with Crippen LogP contribution in [0.1, 0.15) is 49.4 Å². The third-order valence-corrected chi connectivity index (χ3v) is 5.31. The SMILES string of the molecule is CCN(C)C(=O)c1cnc(-c2ccccc2)nc1N(C)C1CCCCC1. The van der Waals surface area contributed by atoms with Crippen molar-refractivity contribution in [1.29, 1.82) is 0 Å². The van der Waals surface area contributed by atoms with Crippen LogP contribution in [-0.2, 0) is 0 Å². The van der Waals surface area contributed by atoms with Crippen molar-refractivity contribution in [2.24, 2.45) is 0 Å². The molecule has 0 radical (unpaired) electrons. The number of aromatic nitrogens is 2. The lowest BCUT2D eigenvalue weighted by atomic mass is 9.94. The zero-order chi connectivity index (χ0) is 18.5. The number of benzene rings is 1. The minimum Gasteiger partial charge on any atom is -0.356 e. The van der Waals surface area contributed by atoms with Crippen LogP contribution in [0.3, 0.4) is 0 Å². The Morgan fingerprint density at radius 2 is 1.81 bits per heavy atom. The van der Waals surface area contributed by atoms with Crippen LogP contribution in [0, 0.1) is 0 Å². The van der Waals surface area contributed by atoms with Crippen LogP contribution < -0.4 is 4.90 Å². The van der Waals surface area contributed by atoms with Gasteiger partial charge in [0.1, 0.15) is 11.4 Å². The molecule has 3 rings (SSSR count). The highest BCUT2D eigenvalue weighted by Gasteiger charge is 2.25. The van der Waals surface area contributed by atoms with Gasteiger partial charge in [-0.05, 0) is 19.8 Å². The van der Waals surface area contributed by atoms with Crippen LogP contribution in [0.4, 0.5) is 5.82 Å². The van der Waals surface area contributed by atoms with Crippen molar-refractivity contribution in [3.05, 3.63) is 42.1 Å². The molecule has 1 amide bonds. The smallest absolute Gasteiger partial charge is 0.258 e. The van der Waals surface area contributed by atoms with Gasteiger partial charge in [-0.1, -0.05) is 49.6 Å². The van der Waals surface area contributed by atoms with Crippen molar-refractivity contribution in [2.75, 3.05) is 25.5 Å². The first-order valence-electron chi connectivity index (χ1n) is 9.52. The van der Waals surface area contributed by atoms with Gasteiger partial charge in [0.25, 0.3) is 5.91 Å². The fraction of sp³-hybridized carbons (Fsp3) is 0.476. The number of rotatable bonds is 5. The van der Waals surface area contributed by atoms with Crippen molar-refractivity contribution >= 4 is 11.7 Å². The van der Waals surface area contributed by atoms with Crippen LogP contribution in [0.5, 0.6) is 0 Å². The van der Waals surface area contributed by atoms with Gasteiger partial charge in [0, 0.05) is 38.4 Å². The second-order valence-corrected chi connectivity index (χ2v) is 7.02. The Morgan fingerprint density at radius 1 is 1.12 bits per heavy atom. The van der Waals surface area contributed by atoms with Crippen LogP contribution >= 0.6 is 0 Å². The molecule has 0 unspecified atom stereocenters. The largest absolute Gasteiger partial charge is 0.356 e. The molecule has 5 nitrogen and oxygen atoms in total. The molecule has 0 aliphatic heterocycles. The van der Waals surface area contributed by atoms with Crippen LogP contribution in [0.2, 0.25) is 0 Å². The molecule has 0 atom stereocenters. The molecule has 1 heterocycles. The topological polar surface area (TPSA) is 49.3 Å². The number of hydrogen-bond donors (Lipinski definition) is 0. The minimum absolute atomic E-state index is 0.0234. The molecule has 0 saturated heterocycles. The molecule has 1 aromatic heterocycles. The highest BCUT2D eigenvalue weighted by atomic mass is 16.2. The first kappa shape index (κ1) is 18.4. The lowest BCUT2D eigenvalue weighted by molar-refractivity contribution is 0.0802. The molecule has 26 heavy (non-hydrogen) atoms. The Labute approximate surface area is 156 Å². The van der Waals surface area contributed by atoms with Crippen LogP contribution in [0.15, 0.2) is 36.5 Å². The molecule has 0 bridgehead atoms. The zero-order valence-electron chi connectivity index (χ0n) is 16.0. The molecular formula is C21H28N4O. The zero-order valence-corrected chi connectivity index (χ0v) is 16.0. The average molecular weight is 352 g/mol. The van der Waals surface area contributed by atoms with Crippen molar-refractivity contribution in [3.63, 3.8) is 0 Å². The van der Waals surface area contributed by atoms with E-state index in [1.165, 1.54) is 19.3 Å². The molecule has 0 spiro atoms. The van der Waals surface area contributed by atoms with Gasteiger partial charge in [0.2, 0.25) is 0 Å². The van der Waals surface area contributed by atoms with E-state index in [1.54, 1.807) is 11.1 Å². The molecule has 0 N–H and O–H groups in total. The Bertz CT molecular complexity index is 741. The molecule has 138 valence electrons. The number of carbonyl (C=O) groups excluding carboxylic acids is 1. The number of carbonyl (C=O) groups is 1. The molecule has 1 aliphatic rings. The molecule has 2 aromatic rings. The number of hydrogen-bond acceptors (Lipinski definition) is 4. The summed E-state index contributed by atoms with van der Waals surface area (Å²) < 4.78 is 0. The van der Waals surface area contributed by atoms with Crippen LogP contribution in [-0.4, -0.2) is 47.5 Å². The predicted molar refractivity (Wildman–Crippen MR) is 105 cm³/mol. The van der Waals surface area contributed by atoms with Gasteiger partial charge in [-0.25, -0.2) is 9.97 Å². The normalized spacial score (nSPS) is 14.9. The summed E-state index contributed by atoms with van der Waals surface area (Å²) >= 11 is 0. The summed E-state index contributed by atoms with van der Waals surface area (Å²) in [6.07, 6.45) is 7.77. The van der Waals surface area contributed by atoms with E-state index in [0.717, 1.165) is 24.2 Å². The molecule has 5 heteroatoms. The van der Waals surface area contributed by atoms with Crippen molar-refractivity contribution < 1.29 is 4.79 Å². The standard InChI is InChI=1S/C21H28N4O/c1-4-24(2)21(26)18-15-22-19(16-11-7-5-8-12-16)23-20(18)25(3)17-13-9-6-10-14-17/h5,7-8,11-12,15,17H,4,6,9-10,13-14H2,1-3H3. The van der Waals surface area contributed by atoms with Crippen molar-refractivity contribution in [1.82, 2.24) is 14.9 Å². The van der Waals surface area contributed by atoms with E-state index in [-0.39, 0.29) is 5.91 Å². The summed E-state index contributed by atoms with van der Waals surface area (Å²) in [5.74, 6) is 1.39. The first-order valence-corrected chi connectivity index (χ1v) is 9.52. The third kappa shape index (κ3) is 3.87. The Hall–Kier alpha value is -2.43. The van der Waals surface area contributed by atoms with E-state index in [0.29, 0.717) is 24.0 Å². The number of amides is 1. The Morgan fingerprint density at radius 3 is 2.46 bits per heavy atom. The van der Waals surface area contributed by atoms with Gasteiger partial charge in [-0.15, -0.1) is 0 Å². The maximum Gasteiger partial charge on any atom is 0.258 e. The maximum atomic E-state index is 12.9. The lowest BCUT2D eigenvalue weighted by Gasteiger charge is -2.33. The van der Waals surface area contributed by atoms with Gasteiger partial charge in [-0.3, -0.25) is 4.79 Å². The summed E-state index contributed by atoms with van der Waals surface area (Å²) in [6, 6.07) is 10.4. The highest BCUT2D eigenvalue weighted by Crippen LogP contribution is 2.29. The van der Waals surface area contributed by atoms with Gasteiger partial charge >= 0.3 is 0 Å². The summed E-state index contributed by atoms with van der Waals surface area (Å²) in [7, 11) is 3.88. The Kier molecular flexibility index (Phi) is 5.86. The van der Waals surface area contributed by atoms with Gasteiger partial charge in [0.15, 0.2) is 5.82 Å². The first-order chi connectivity index (χ1) is 12.6. The second kappa shape index (κ2) is 8.30. The van der Waals surface area contributed by atoms with E-state index < -0.39 is 0 Å². The monoisotopic (exact) mass is 352 g/mol. The van der Waals surface area contributed by atoms with E-state index in [2.05, 4.69) is 16.9 Å². The highest BCUT2D eigenvalue weighted by molar-refractivity contribution is 5.98. The van der Waals surface area contributed by atoms with E-state index in [9.17, 15) is 4.79 Å². The molecule has 1 saturated carbocycles. The summed E-state index contributed by atoms with van der Waals surface area (Å²) in [5.41, 5.74) is 1.55. The van der Waals surface area contributed by atoms with Crippen LogP contribution in [0.25, 0.3) is 11.4 Å². The average Bonchev–Trinajstić information content (AvgIpc) is 2.73. The van der Waals surface area contributed by atoms with E-state index >= 15 is 0 Å².